The molecule has 4 aromatic rings. The van der Waals surface area contributed by atoms with Crippen molar-refractivity contribution in [2.45, 2.75) is 24.9 Å². The monoisotopic (exact) mass is 489 g/mol. The third kappa shape index (κ3) is 5.90. The maximum Gasteiger partial charge on any atom is 0.338 e. The average molecular weight is 490 g/mol. The minimum atomic E-state index is -0.322. The second-order valence-electron chi connectivity index (χ2n) is 9.01. The minimum Gasteiger partial charge on any atom is -0.458 e. The van der Waals surface area contributed by atoms with Crippen LogP contribution in [0, 0.1) is 11.7 Å². The smallest absolute Gasteiger partial charge is 0.338 e. The third-order valence-corrected chi connectivity index (χ3v) is 6.82. The normalized spacial score (nSPS) is 18.4. The number of ether oxygens (including phenoxy) is 1. The number of benzene rings is 4. The Hall–Kier alpha value is -3.21. The molecule has 0 aromatic heterocycles. The van der Waals surface area contributed by atoms with Gasteiger partial charge in [0.05, 0.1) is 5.56 Å². The van der Waals surface area contributed by atoms with Crippen LogP contribution in [0.25, 0.3) is 10.8 Å². The van der Waals surface area contributed by atoms with E-state index in [0.717, 1.165) is 30.6 Å². The maximum absolute atomic E-state index is 13.6. The molecule has 3 unspecified atom stereocenters. The molecule has 0 saturated carbocycles. The summed E-state index contributed by atoms with van der Waals surface area (Å²) in [4.78, 5) is 13.1. The van der Waals surface area contributed by atoms with Gasteiger partial charge in [0.25, 0.3) is 0 Å². The van der Waals surface area contributed by atoms with Crippen LogP contribution in [-0.2, 0) is 11.2 Å². The summed E-state index contributed by atoms with van der Waals surface area (Å²) in [6, 6.07) is 30.6. The average Bonchev–Trinajstić information content (AvgIpc) is 2.89. The van der Waals surface area contributed by atoms with Crippen molar-refractivity contribution in [1.82, 2.24) is 5.32 Å². The van der Waals surface area contributed by atoms with Crippen LogP contribution < -0.4 is 5.32 Å². The number of carbonyl (C=O) groups is 1. The summed E-state index contributed by atoms with van der Waals surface area (Å²) in [5.41, 5.74) is 2.77. The summed E-state index contributed by atoms with van der Waals surface area (Å²) in [6.45, 7) is 1.62. The first-order chi connectivity index (χ1) is 16.7. The summed E-state index contributed by atoms with van der Waals surface area (Å²) in [7, 11) is 0. The molecule has 35 heavy (non-hydrogen) atoms. The van der Waals surface area contributed by atoms with E-state index in [4.69, 9.17) is 4.74 Å². The highest BCUT2D eigenvalue weighted by Crippen LogP contribution is 2.35. The molecule has 180 valence electrons. The van der Waals surface area contributed by atoms with Gasteiger partial charge in [-0.1, -0.05) is 72.8 Å². The fourth-order valence-corrected chi connectivity index (χ4v) is 5.06. The third-order valence-electron chi connectivity index (χ3n) is 6.82. The van der Waals surface area contributed by atoms with Gasteiger partial charge < -0.3 is 10.1 Å². The number of rotatable bonds is 6. The zero-order valence-electron chi connectivity index (χ0n) is 19.4. The van der Waals surface area contributed by atoms with E-state index in [1.54, 1.807) is 12.1 Å². The molecule has 1 aliphatic heterocycles. The van der Waals surface area contributed by atoms with Crippen molar-refractivity contribution >= 4 is 29.1 Å². The molecule has 0 bridgehead atoms. The number of piperidine rings is 1. The van der Waals surface area contributed by atoms with E-state index < -0.39 is 0 Å². The van der Waals surface area contributed by atoms with Gasteiger partial charge in [0.1, 0.15) is 11.9 Å². The fraction of sp³-hybridized carbons (Fsp3) is 0.233. The molecular weight excluding hydrogens is 461 g/mol. The number of esters is 1. The molecule has 0 amide bonds. The highest BCUT2D eigenvalue weighted by molar-refractivity contribution is 5.89. The van der Waals surface area contributed by atoms with Crippen LogP contribution in [0.1, 0.15) is 33.8 Å². The Balaban J connectivity index is 0.00000289. The van der Waals surface area contributed by atoms with Gasteiger partial charge >= 0.3 is 5.97 Å². The van der Waals surface area contributed by atoms with Crippen LogP contribution in [0.2, 0.25) is 0 Å². The zero-order chi connectivity index (χ0) is 23.3. The van der Waals surface area contributed by atoms with Crippen molar-refractivity contribution in [1.29, 1.82) is 0 Å². The van der Waals surface area contributed by atoms with E-state index in [9.17, 15) is 9.18 Å². The Labute approximate surface area is 211 Å². The van der Waals surface area contributed by atoms with Gasteiger partial charge in [-0.15, -0.1) is 12.4 Å². The van der Waals surface area contributed by atoms with Crippen molar-refractivity contribution in [2.75, 3.05) is 13.1 Å². The second-order valence-corrected chi connectivity index (χ2v) is 9.01. The van der Waals surface area contributed by atoms with Gasteiger partial charge in [0.15, 0.2) is 0 Å². The van der Waals surface area contributed by atoms with Crippen LogP contribution >= 0.6 is 12.4 Å². The molecule has 0 aliphatic carbocycles. The molecule has 5 rings (SSSR count). The topological polar surface area (TPSA) is 38.3 Å². The van der Waals surface area contributed by atoms with Gasteiger partial charge in [0.2, 0.25) is 0 Å². The van der Waals surface area contributed by atoms with Gasteiger partial charge in [-0.3, -0.25) is 0 Å². The lowest BCUT2D eigenvalue weighted by Crippen LogP contribution is -2.44. The lowest BCUT2D eigenvalue weighted by atomic mass is 9.76. The van der Waals surface area contributed by atoms with Crippen LogP contribution in [0.3, 0.4) is 0 Å². The Bertz CT molecular complexity index is 1260. The molecule has 0 radical (unpaired) electrons. The molecule has 5 heteroatoms. The number of carbonyl (C=O) groups excluding carboxylic acids is 1. The van der Waals surface area contributed by atoms with Crippen LogP contribution in [0.4, 0.5) is 4.39 Å². The summed E-state index contributed by atoms with van der Waals surface area (Å²) in [6.07, 6.45) is 1.21. The molecule has 1 heterocycles. The molecule has 3 atom stereocenters. The number of hydrogen-bond acceptors (Lipinski definition) is 3. The summed E-state index contributed by atoms with van der Waals surface area (Å²) < 4.78 is 19.8. The molecule has 0 spiro atoms. The molecule has 1 saturated heterocycles. The fourth-order valence-electron chi connectivity index (χ4n) is 5.06. The first kappa shape index (κ1) is 24.9. The number of halogens is 2. The van der Waals surface area contributed by atoms with Crippen LogP contribution in [0.15, 0.2) is 97.1 Å². The van der Waals surface area contributed by atoms with Crippen molar-refractivity contribution in [2.24, 2.45) is 5.92 Å². The van der Waals surface area contributed by atoms with Crippen LogP contribution in [-0.4, -0.2) is 25.2 Å². The largest absolute Gasteiger partial charge is 0.458 e. The van der Waals surface area contributed by atoms with Gasteiger partial charge in [-0.25, -0.2) is 9.18 Å². The van der Waals surface area contributed by atoms with Crippen molar-refractivity contribution < 1.29 is 13.9 Å². The predicted octanol–water partition coefficient (Wildman–Crippen LogP) is 6.56. The summed E-state index contributed by atoms with van der Waals surface area (Å²) in [5.74, 6) is -0.304. The lowest BCUT2D eigenvalue weighted by molar-refractivity contribution is 0.00619. The van der Waals surface area contributed by atoms with Crippen molar-refractivity contribution in [3.63, 3.8) is 0 Å². The summed E-state index contributed by atoms with van der Waals surface area (Å²) >= 11 is 0. The quantitative estimate of drug-likeness (QED) is 0.311. The second kappa shape index (κ2) is 11.5. The lowest BCUT2D eigenvalue weighted by Gasteiger charge is -2.37. The number of nitrogens with one attached hydrogen (secondary N) is 1. The Morgan fingerprint density at radius 3 is 2.40 bits per heavy atom. The highest BCUT2D eigenvalue weighted by Gasteiger charge is 2.35. The van der Waals surface area contributed by atoms with E-state index in [1.807, 2.05) is 42.5 Å². The molecule has 1 N–H and O–H groups in total. The first-order valence-electron chi connectivity index (χ1n) is 11.9. The van der Waals surface area contributed by atoms with Crippen LogP contribution in [0.5, 0.6) is 0 Å². The number of fused-ring (bicyclic) bond motifs is 1. The molecular formula is C30H29ClFNO2. The van der Waals surface area contributed by atoms with Gasteiger partial charge in [0, 0.05) is 18.9 Å². The van der Waals surface area contributed by atoms with Gasteiger partial charge in [-0.05, 0) is 65.0 Å². The zero-order valence-corrected chi connectivity index (χ0v) is 20.2. The molecule has 3 nitrogen and oxygen atoms in total. The van der Waals surface area contributed by atoms with E-state index in [-0.39, 0.29) is 42.1 Å². The van der Waals surface area contributed by atoms with Gasteiger partial charge in [-0.2, -0.15) is 0 Å². The Morgan fingerprint density at radius 1 is 0.914 bits per heavy atom. The van der Waals surface area contributed by atoms with Crippen molar-refractivity contribution in [3.8, 4) is 0 Å². The van der Waals surface area contributed by atoms with E-state index in [1.165, 1.54) is 22.9 Å². The summed E-state index contributed by atoms with van der Waals surface area (Å²) in [5, 5.41) is 5.85. The van der Waals surface area contributed by atoms with E-state index in [2.05, 4.69) is 35.6 Å². The minimum absolute atomic E-state index is 0. The number of hydrogen-bond donors (Lipinski definition) is 1. The van der Waals surface area contributed by atoms with Crippen molar-refractivity contribution in [3.05, 3.63) is 120 Å². The SMILES string of the molecule is Cl.O=C(OC(Cc1ccc2ccccc2c1)C1CNCCC1c1ccc(F)cc1)c1ccccc1. The standard InChI is InChI=1S/C30H28FNO2.ClH/c31-26-14-12-23(13-15-26)27-16-17-32-20-28(27)29(34-30(33)24-7-2-1-3-8-24)19-21-10-11-22-6-4-5-9-25(22)18-21;/h1-15,18,27-29,32H,16-17,19-20H2;1H. The molecule has 4 aromatic carbocycles. The Morgan fingerprint density at radius 2 is 1.63 bits per heavy atom. The predicted molar refractivity (Wildman–Crippen MR) is 141 cm³/mol. The Kier molecular flexibility index (Phi) is 8.17. The van der Waals surface area contributed by atoms with E-state index >= 15 is 0 Å². The molecule has 1 aliphatic rings. The first-order valence-corrected chi connectivity index (χ1v) is 11.9. The highest BCUT2D eigenvalue weighted by atomic mass is 35.5. The maximum atomic E-state index is 13.6. The molecule has 1 fully saturated rings. The van der Waals surface area contributed by atoms with E-state index in [0.29, 0.717) is 12.0 Å².